The third-order valence-electron chi connectivity index (χ3n) is 6.15. The lowest BCUT2D eigenvalue weighted by atomic mass is 9.90. The van der Waals surface area contributed by atoms with Crippen LogP contribution in [0.1, 0.15) is 36.3 Å². The van der Waals surface area contributed by atoms with Crippen molar-refractivity contribution in [2.45, 2.75) is 45.2 Å². The molecule has 0 N–H and O–H groups in total. The van der Waals surface area contributed by atoms with Crippen molar-refractivity contribution in [3.63, 3.8) is 0 Å². The zero-order valence-corrected chi connectivity index (χ0v) is 19.5. The summed E-state index contributed by atoms with van der Waals surface area (Å²) >= 11 is 6.03. The molecule has 33 heavy (non-hydrogen) atoms. The van der Waals surface area contributed by atoms with E-state index in [1.54, 1.807) is 22.9 Å². The lowest BCUT2D eigenvalue weighted by Gasteiger charge is -2.16. The number of hydrogen-bond donors (Lipinski definition) is 0. The summed E-state index contributed by atoms with van der Waals surface area (Å²) in [5, 5.41) is 0.620. The SMILES string of the molecule is COC(=O)C(CC(=O)Cn1cc(-c2ccc(Cl)cc2)n(CC2CC2)c1=O)c1ccccc1C. The molecule has 1 saturated carbocycles. The van der Waals surface area contributed by atoms with Crippen molar-refractivity contribution < 1.29 is 14.3 Å². The van der Waals surface area contributed by atoms with Gasteiger partial charge >= 0.3 is 11.7 Å². The maximum Gasteiger partial charge on any atom is 0.329 e. The van der Waals surface area contributed by atoms with E-state index in [4.69, 9.17) is 16.3 Å². The molecule has 0 amide bonds. The van der Waals surface area contributed by atoms with Crippen molar-refractivity contribution in [1.82, 2.24) is 9.13 Å². The second-order valence-corrected chi connectivity index (χ2v) is 9.10. The van der Waals surface area contributed by atoms with Gasteiger partial charge in [0.2, 0.25) is 0 Å². The van der Waals surface area contributed by atoms with Gasteiger partial charge in [-0.1, -0.05) is 48.0 Å². The van der Waals surface area contributed by atoms with Crippen molar-refractivity contribution in [3.8, 4) is 11.3 Å². The number of carbonyl (C=O) groups excluding carboxylic acids is 2. The van der Waals surface area contributed by atoms with Crippen LogP contribution in [0.4, 0.5) is 0 Å². The van der Waals surface area contributed by atoms with E-state index in [0.717, 1.165) is 35.2 Å². The summed E-state index contributed by atoms with van der Waals surface area (Å²) in [4.78, 5) is 38.7. The minimum atomic E-state index is -0.705. The van der Waals surface area contributed by atoms with E-state index in [1.807, 2.05) is 43.3 Å². The van der Waals surface area contributed by atoms with Gasteiger partial charge < -0.3 is 4.74 Å². The Kier molecular flexibility index (Phi) is 6.84. The standard InChI is InChI=1S/C26H27ClN2O4/c1-17-5-3-4-6-22(17)23(25(31)33-2)13-21(30)15-28-16-24(19-9-11-20(27)12-10-19)29(26(28)32)14-18-7-8-18/h3-6,9-12,16,18,23H,7-8,13-15H2,1-2H3. The highest BCUT2D eigenvalue weighted by Gasteiger charge is 2.28. The Morgan fingerprint density at radius 2 is 1.82 bits per heavy atom. The molecule has 0 aliphatic heterocycles. The van der Waals surface area contributed by atoms with Crippen molar-refractivity contribution in [2.75, 3.05) is 7.11 Å². The molecular weight excluding hydrogens is 440 g/mol. The van der Waals surface area contributed by atoms with Crippen LogP contribution in [0, 0.1) is 12.8 Å². The molecule has 1 atom stereocenters. The summed E-state index contributed by atoms with van der Waals surface area (Å²) < 4.78 is 8.15. The van der Waals surface area contributed by atoms with Gasteiger partial charge in [0.15, 0.2) is 5.78 Å². The molecule has 6 nitrogen and oxygen atoms in total. The van der Waals surface area contributed by atoms with Crippen LogP contribution in [0.3, 0.4) is 0 Å². The van der Waals surface area contributed by atoms with Crippen molar-refractivity contribution in [1.29, 1.82) is 0 Å². The minimum absolute atomic E-state index is 0.0337. The molecule has 4 rings (SSSR count). The summed E-state index contributed by atoms with van der Waals surface area (Å²) in [6.45, 7) is 2.43. The van der Waals surface area contributed by atoms with E-state index in [9.17, 15) is 14.4 Å². The fourth-order valence-electron chi connectivity index (χ4n) is 4.15. The fraction of sp³-hybridized carbons (Fsp3) is 0.346. The number of imidazole rings is 1. The maximum absolute atomic E-state index is 13.2. The highest BCUT2D eigenvalue weighted by atomic mass is 35.5. The molecule has 0 radical (unpaired) electrons. The van der Waals surface area contributed by atoms with Crippen LogP contribution < -0.4 is 5.69 Å². The van der Waals surface area contributed by atoms with Crippen LogP contribution in [0.15, 0.2) is 59.5 Å². The topological polar surface area (TPSA) is 70.3 Å². The number of Topliss-reactive ketones (excluding diaryl/α,β-unsaturated/α-hetero) is 1. The van der Waals surface area contributed by atoms with Gasteiger partial charge in [-0.15, -0.1) is 0 Å². The number of aromatic nitrogens is 2. The number of halogens is 1. The van der Waals surface area contributed by atoms with Gasteiger partial charge in [0.25, 0.3) is 0 Å². The molecule has 3 aromatic rings. The predicted octanol–water partition coefficient (Wildman–Crippen LogP) is 4.60. The van der Waals surface area contributed by atoms with Crippen molar-refractivity contribution >= 4 is 23.4 Å². The zero-order chi connectivity index (χ0) is 23.5. The van der Waals surface area contributed by atoms with E-state index in [0.29, 0.717) is 17.5 Å². The minimum Gasteiger partial charge on any atom is -0.469 e. The van der Waals surface area contributed by atoms with Gasteiger partial charge in [-0.05, 0) is 54.5 Å². The van der Waals surface area contributed by atoms with Gasteiger partial charge in [-0.3, -0.25) is 18.7 Å². The van der Waals surface area contributed by atoms with Gasteiger partial charge in [0.1, 0.15) is 0 Å². The molecule has 172 valence electrons. The lowest BCUT2D eigenvalue weighted by molar-refractivity contribution is -0.144. The number of rotatable bonds is 9. The fourth-order valence-corrected chi connectivity index (χ4v) is 4.28. The van der Waals surface area contributed by atoms with E-state index >= 15 is 0 Å². The average molecular weight is 467 g/mol. The largest absolute Gasteiger partial charge is 0.469 e. The number of methoxy groups -OCH3 is 1. The number of esters is 1. The third-order valence-corrected chi connectivity index (χ3v) is 6.40. The van der Waals surface area contributed by atoms with E-state index in [2.05, 4.69) is 0 Å². The van der Waals surface area contributed by atoms with Crippen LogP contribution >= 0.6 is 11.6 Å². The third kappa shape index (κ3) is 5.28. The molecule has 0 spiro atoms. The van der Waals surface area contributed by atoms with Crippen LogP contribution in [-0.4, -0.2) is 28.0 Å². The number of aryl methyl sites for hydroxylation is 1. The molecule has 1 unspecified atom stereocenters. The van der Waals surface area contributed by atoms with Crippen LogP contribution in [0.2, 0.25) is 5.02 Å². The highest BCUT2D eigenvalue weighted by molar-refractivity contribution is 6.30. The Hall–Kier alpha value is -3.12. The van der Waals surface area contributed by atoms with Gasteiger partial charge in [0, 0.05) is 24.2 Å². The molecule has 0 saturated heterocycles. The molecular formula is C26H27ClN2O4. The summed E-state index contributed by atoms with van der Waals surface area (Å²) in [6, 6.07) is 14.8. The quantitative estimate of drug-likeness (QED) is 0.432. The second-order valence-electron chi connectivity index (χ2n) is 8.66. The summed E-state index contributed by atoms with van der Waals surface area (Å²) in [6.07, 6.45) is 3.91. The molecule has 1 heterocycles. The van der Waals surface area contributed by atoms with Crippen LogP contribution in [0.5, 0.6) is 0 Å². The first-order valence-electron chi connectivity index (χ1n) is 11.1. The Morgan fingerprint density at radius 1 is 1.12 bits per heavy atom. The van der Waals surface area contributed by atoms with E-state index in [-0.39, 0.29) is 24.4 Å². The maximum atomic E-state index is 13.2. The van der Waals surface area contributed by atoms with E-state index in [1.165, 1.54) is 11.7 Å². The first-order chi connectivity index (χ1) is 15.9. The van der Waals surface area contributed by atoms with E-state index < -0.39 is 11.9 Å². The Morgan fingerprint density at radius 3 is 2.45 bits per heavy atom. The van der Waals surface area contributed by atoms with Gasteiger partial charge in [0.05, 0.1) is 25.3 Å². The first-order valence-corrected chi connectivity index (χ1v) is 11.5. The second kappa shape index (κ2) is 9.79. The molecule has 1 aromatic heterocycles. The molecule has 0 bridgehead atoms. The Labute approximate surface area is 197 Å². The zero-order valence-electron chi connectivity index (χ0n) is 18.8. The molecule has 2 aromatic carbocycles. The number of hydrogen-bond acceptors (Lipinski definition) is 4. The predicted molar refractivity (Wildman–Crippen MR) is 127 cm³/mol. The normalized spacial score (nSPS) is 14.2. The smallest absolute Gasteiger partial charge is 0.329 e. The Balaban J connectivity index is 1.60. The monoisotopic (exact) mass is 466 g/mol. The number of ketones is 1. The summed E-state index contributed by atoms with van der Waals surface area (Å²) in [7, 11) is 1.32. The van der Waals surface area contributed by atoms with Gasteiger partial charge in [-0.2, -0.15) is 0 Å². The number of benzene rings is 2. The van der Waals surface area contributed by atoms with Gasteiger partial charge in [-0.25, -0.2) is 4.79 Å². The molecule has 1 aliphatic rings. The molecule has 1 fully saturated rings. The van der Waals surface area contributed by atoms with Crippen LogP contribution in [0.25, 0.3) is 11.3 Å². The highest BCUT2D eigenvalue weighted by Crippen LogP contribution is 2.32. The lowest BCUT2D eigenvalue weighted by Crippen LogP contribution is -2.29. The summed E-state index contributed by atoms with van der Waals surface area (Å²) in [5.74, 6) is -0.881. The number of carbonyl (C=O) groups is 2. The summed E-state index contributed by atoms with van der Waals surface area (Å²) in [5.41, 5.74) is 3.10. The Bertz CT molecular complexity index is 1220. The average Bonchev–Trinajstić information content (AvgIpc) is 3.58. The molecule has 7 heteroatoms. The first kappa shape index (κ1) is 23.1. The molecule has 1 aliphatic carbocycles. The van der Waals surface area contributed by atoms with Crippen LogP contribution in [-0.2, 0) is 27.4 Å². The number of ether oxygens (including phenoxy) is 1. The van der Waals surface area contributed by atoms with Crippen molar-refractivity contribution in [2.24, 2.45) is 5.92 Å². The number of nitrogens with zero attached hydrogens (tertiary/aromatic N) is 2. The van der Waals surface area contributed by atoms with Crippen molar-refractivity contribution in [3.05, 3.63) is 81.4 Å².